The van der Waals surface area contributed by atoms with Gasteiger partial charge in [-0.15, -0.1) is 0 Å². The fourth-order valence-electron chi connectivity index (χ4n) is 5.23. The number of pyridine rings is 1. The van der Waals surface area contributed by atoms with E-state index in [9.17, 15) is 4.79 Å². The van der Waals surface area contributed by atoms with E-state index >= 15 is 4.39 Å². The van der Waals surface area contributed by atoms with Gasteiger partial charge in [-0.2, -0.15) is 0 Å². The largest absolute Gasteiger partial charge is 0.495 e. The fourth-order valence-corrected chi connectivity index (χ4v) is 5.36. The highest BCUT2D eigenvalue weighted by molar-refractivity contribution is 6.30. The van der Waals surface area contributed by atoms with Crippen LogP contribution in [0, 0.1) is 11.7 Å². The third-order valence-electron chi connectivity index (χ3n) is 7.19. The predicted octanol–water partition coefficient (Wildman–Crippen LogP) is 5.07. The summed E-state index contributed by atoms with van der Waals surface area (Å²) in [6.07, 6.45) is 7.06. The van der Waals surface area contributed by atoms with Gasteiger partial charge in [0, 0.05) is 55.5 Å². The Hall–Kier alpha value is -2.42. The van der Waals surface area contributed by atoms with Gasteiger partial charge < -0.3 is 25.0 Å². The molecule has 2 heterocycles. The Morgan fingerprint density at radius 3 is 2.57 bits per heavy atom. The average molecular weight is 505 g/mol. The second-order valence-corrected chi connectivity index (χ2v) is 9.92. The first-order chi connectivity index (χ1) is 16.9. The summed E-state index contributed by atoms with van der Waals surface area (Å²) >= 11 is 5.93. The van der Waals surface area contributed by atoms with Crippen LogP contribution in [0.1, 0.15) is 43.7 Å². The van der Waals surface area contributed by atoms with Crippen LogP contribution in [0.4, 0.5) is 14.9 Å². The van der Waals surface area contributed by atoms with E-state index in [4.69, 9.17) is 21.1 Å². The highest BCUT2D eigenvalue weighted by Gasteiger charge is 2.35. The third kappa shape index (κ3) is 6.84. The molecule has 0 radical (unpaired) electrons. The summed E-state index contributed by atoms with van der Waals surface area (Å²) in [5, 5.41) is 6.50. The summed E-state index contributed by atoms with van der Waals surface area (Å²) in [6.45, 7) is 2.44. The van der Waals surface area contributed by atoms with Crippen molar-refractivity contribution in [2.45, 2.75) is 50.2 Å². The number of rotatable bonds is 7. The van der Waals surface area contributed by atoms with Crippen molar-refractivity contribution in [3.05, 3.63) is 53.1 Å². The summed E-state index contributed by atoms with van der Waals surface area (Å²) in [5.41, 5.74) is 0.997. The van der Waals surface area contributed by atoms with E-state index in [0.717, 1.165) is 38.8 Å². The molecule has 1 saturated heterocycles. The average Bonchev–Trinajstić information content (AvgIpc) is 2.87. The Morgan fingerprint density at radius 2 is 1.91 bits per heavy atom. The lowest BCUT2D eigenvalue weighted by Gasteiger charge is -2.41. The highest BCUT2D eigenvalue weighted by atomic mass is 35.5. The van der Waals surface area contributed by atoms with Crippen LogP contribution < -0.4 is 15.4 Å². The number of methoxy groups -OCH3 is 2. The molecule has 0 spiro atoms. The zero-order valence-corrected chi connectivity index (χ0v) is 21.1. The van der Waals surface area contributed by atoms with Crippen LogP contribution in [0.25, 0.3) is 0 Å². The third-order valence-corrected chi connectivity index (χ3v) is 7.44. The summed E-state index contributed by atoms with van der Waals surface area (Å²) < 4.78 is 25.7. The molecule has 1 saturated carbocycles. The van der Waals surface area contributed by atoms with Gasteiger partial charge in [-0.3, -0.25) is 4.98 Å². The van der Waals surface area contributed by atoms with E-state index < -0.39 is 5.82 Å². The maximum atomic E-state index is 15.1. The summed E-state index contributed by atoms with van der Waals surface area (Å²) in [4.78, 5) is 19.6. The normalized spacial score (nSPS) is 25.1. The fraction of sp³-hybridized carbons (Fsp3) is 0.538. The van der Waals surface area contributed by atoms with E-state index in [2.05, 4.69) is 20.5 Å². The van der Waals surface area contributed by atoms with Crippen molar-refractivity contribution < 1.29 is 18.7 Å². The molecule has 1 aromatic heterocycles. The molecule has 2 aliphatic rings. The quantitative estimate of drug-likeness (QED) is 0.550. The number of urea groups is 1. The van der Waals surface area contributed by atoms with Crippen LogP contribution in [-0.2, 0) is 4.74 Å². The molecule has 0 bridgehead atoms. The number of nitrogens with zero attached hydrogens (tertiary/aromatic N) is 2. The van der Waals surface area contributed by atoms with Gasteiger partial charge in [0.15, 0.2) is 0 Å². The number of amides is 2. The smallest absolute Gasteiger partial charge is 0.319 e. The number of carbonyl (C=O) groups is 1. The maximum absolute atomic E-state index is 15.1. The minimum Gasteiger partial charge on any atom is -0.495 e. The van der Waals surface area contributed by atoms with Crippen LogP contribution in [0.2, 0.25) is 5.02 Å². The van der Waals surface area contributed by atoms with Gasteiger partial charge in [-0.25, -0.2) is 9.18 Å². The van der Waals surface area contributed by atoms with E-state index in [1.54, 1.807) is 31.4 Å². The molecule has 2 unspecified atom stereocenters. The number of piperidine rings is 1. The Bertz CT molecular complexity index is 985. The van der Waals surface area contributed by atoms with Crippen LogP contribution in [0.3, 0.4) is 0 Å². The first-order valence-electron chi connectivity index (χ1n) is 12.2. The SMILES string of the molecule is COc1cnc(C2CN(CC3CCC(OC)CC3)CCC2NC(=O)Nc2ccc(Cl)cc2)c(F)c1. The number of likely N-dealkylation sites (tertiary alicyclic amines) is 1. The van der Waals surface area contributed by atoms with Crippen LogP contribution in [-0.4, -0.2) is 61.9 Å². The molecule has 35 heavy (non-hydrogen) atoms. The number of halogens is 2. The van der Waals surface area contributed by atoms with Crippen molar-refractivity contribution in [3.8, 4) is 5.75 Å². The maximum Gasteiger partial charge on any atom is 0.319 e. The number of hydrogen-bond donors (Lipinski definition) is 2. The lowest BCUT2D eigenvalue weighted by Crippen LogP contribution is -2.52. The Balaban J connectivity index is 1.45. The lowest BCUT2D eigenvalue weighted by molar-refractivity contribution is 0.0459. The first kappa shape index (κ1) is 25.7. The molecule has 2 amide bonds. The minimum absolute atomic E-state index is 0.252. The lowest BCUT2D eigenvalue weighted by atomic mass is 9.84. The second kappa shape index (κ2) is 12.0. The van der Waals surface area contributed by atoms with Crippen LogP contribution in [0.15, 0.2) is 36.5 Å². The summed E-state index contributed by atoms with van der Waals surface area (Å²) in [5.74, 6) is 0.287. The number of benzene rings is 1. The van der Waals surface area contributed by atoms with Gasteiger partial charge in [0.1, 0.15) is 11.6 Å². The monoisotopic (exact) mass is 504 g/mol. The molecule has 1 aromatic carbocycles. The molecule has 4 rings (SSSR count). The zero-order valence-electron chi connectivity index (χ0n) is 20.3. The van der Waals surface area contributed by atoms with Crippen molar-refractivity contribution in [2.24, 2.45) is 5.92 Å². The molecule has 2 N–H and O–H groups in total. The van der Waals surface area contributed by atoms with Crippen molar-refractivity contribution in [2.75, 3.05) is 39.2 Å². The number of nitrogens with one attached hydrogen (secondary N) is 2. The Labute approximate surface area is 211 Å². The van der Waals surface area contributed by atoms with Crippen LogP contribution in [0.5, 0.6) is 5.75 Å². The molecule has 190 valence electrons. The Morgan fingerprint density at radius 1 is 1.17 bits per heavy atom. The minimum atomic E-state index is -0.415. The molecule has 1 aliphatic carbocycles. The number of hydrogen-bond acceptors (Lipinski definition) is 5. The predicted molar refractivity (Wildman–Crippen MR) is 135 cm³/mol. The standard InChI is InChI=1S/C26H34ClFN4O3/c1-34-20-9-3-17(4-10-20)15-32-12-11-24(31-26(33)30-19-7-5-18(27)6-8-19)22(16-32)25-23(28)13-21(35-2)14-29-25/h5-8,13-14,17,20,22,24H,3-4,9-12,15-16H2,1-2H3,(H2,30,31,33). The van der Waals surface area contributed by atoms with Gasteiger partial charge in [0.2, 0.25) is 0 Å². The molecule has 2 fully saturated rings. The van der Waals surface area contributed by atoms with Crippen molar-refractivity contribution >= 4 is 23.3 Å². The Kier molecular flexibility index (Phi) is 8.81. The number of aromatic nitrogens is 1. The summed E-state index contributed by atoms with van der Waals surface area (Å²) in [6, 6.07) is 7.69. The number of ether oxygens (including phenoxy) is 2. The van der Waals surface area contributed by atoms with E-state index in [1.165, 1.54) is 19.4 Å². The number of carbonyl (C=O) groups excluding carboxylic acids is 1. The van der Waals surface area contributed by atoms with Gasteiger partial charge in [0.25, 0.3) is 0 Å². The van der Waals surface area contributed by atoms with E-state index in [0.29, 0.717) is 47.1 Å². The van der Waals surface area contributed by atoms with Crippen molar-refractivity contribution in [3.63, 3.8) is 0 Å². The molecule has 1 aliphatic heterocycles. The van der Waals surface area contributed by atoms with Gasteiger partial charge >= 0.3 is 6.03 Å². The highest BCUT2D eigenvalue weighted by Crippen LogP contribution is 2.32. The molecular formula is C26H34ClFN4O3. The molecular weight excluding hydrogens is 471 g/mol. The second-order valence-electron chi connectivity index (χ2n) is 9.49. The molecule has 2 atom stereocenters. The number of anilines is 1. The molecule has 2 aromatic rings. The van der Waals surface area contributed by atoms with Gasteiger partial charge in [0.05, 0.1) is 25.1 Å². The van der Waals surface area contributed by atoms with E-state index in [1.807, 2.05) is 0 Å². The van der Waals surface area contributed by atoms with Gasteiger partial charge in [-0.1, -0.05) is 11.6 Å². The van der Waals surface area contributed by atoms with Crippen molar-refractivity contribution in [1.82, 2.24) is 15.2 Å². The van der Waals surface area contributed by atoms with Gasteiger partial charge in [-0.05, 0) is 62.3 Å². The van der Waals surface area contributed by atoms with Crippen molar-refractivity contribution in [1.29, 1.82) is 0 Å². The molecule has 7 nitrogen and oxygen atoms in total. The summed E-state index contributed by atoms with van der Waals surface area (Å²) in [7, 11) is 3.27. The van der Waals surface area contributed by atoms with E-state index in [-0.39, 0.29) is 18.0 Å². The first-order valence-corrected chi connectivity index (χ1v) is 12.6. The molecule has 9 heteroatoms. The topological polar surface area (TPSA) is 75.7 Å². The van der Waals surface area contributed by atoms with Crippen LogP contribution >= 0.6 is 11.6 Å². The zero-order chi connectivity index (χ0) is 24.8.